The van der Waals surface area contributed by atoms with E-state index in [2.05, 4.69) is 21.2 Å². The average molecular weight is 343 g/mol. The molecule has 0 aliphatic carbocycles. The molecule has 0 saturated heterocycles. The van der Waals surface area contributed by atoms with Crippen molar-refractivity contribution in [1.29, 1.82) is 0 Å². The van der Waals surface area contributed by atoms with E-state index in [9.17, 15) is 9.18 Å². The third-order valence-electron chi connectivity index (χ3n) is 2.49. The summed E-state index contributed by atoms with van der Waals surface area (Å²) in [5, 5.41) is 3.01. The van der Waals surface area contributed by atoms with Crippen molar-refractivity contribution in [3.05, 3.63) is 63.3 Å². The smallest absolute Gasteiger partial charge is 0.228 e. The number of nitrogens with one attached hydrogen (secondary N) is 1. The largest absolute Gasteiger partial charge is 0.326 e. The molecule has 2 aromatic carbocycles. The zero-order valence-electron chi connectivity index (χ0n) is 9.79. The number of rotatable bonds is 3. The zero-order valence-corrected chi connectivity index (χ0v) is 12.1. The molecule has 0 aliphatic heterocycles. The fourth-order valence-corrected chi connectivity index (χ4v) is 2.00. The molecule has 5 heteroatoms. The molecule has 1 amide bonds. The number of halogens is 3. The highest BCUT2D eigenvalue weighted by atomic mass is 79.9. The minimum absolute atomic E-state index is 0.0287. The van der Waals surface area contributed by atoms with E-state index in [0.717, 1.165) is 4.47 Å². The lowest BCUT2D eigenvalue weighted by atomic mass is 10.1. The molecule has 2 rings (SSSR count). The van der Waals surface area contributed by atoms with Crippen LogP contribution in [0.2, 0.25) is 5.02 Å². The number of amides is 1. The Morgan fingerprint density at radius 2 is 1.89 bits per heavy atom. The Kier molecular flexibility index (Phi) is 4.56. The van der Waals surface area contributed by atoms with Crippen molar-refractivity contribution in [3.63, 3.8) is 0 Å². The fourth-order valence-electron chi connectivity index (χ4n) is 1.58. The molecule has 0 aromatic heterocycles. The second kappa shape index (κ2) is 6.17. The summed E-state index contributed by atoms with van der Waals surface area (Å²) in [4.78, 5) is 11.8. The van der Waals surface area contributed by atoms with Gasteiger partial charge in [-0.2, -0.15) is 0 Å². The topological polar surface area (TPSA) is 29.1 Å². The summed E-state index contributed by atoms with van der Waals surface area (Å²) in [5.41, 5.74) is 0.988. The van der Waals surface area contributed by atoms with Gasteiger partial charge in [-0.25, -0.2) is 4.39 Å². The first-order valence-corrected chi connectivity index (χ1v) is 6.71. The molecule has 0 unspecified atom stereocenters. The molecular formula is C14H10BrClFNO. The van der Waals surface area contributed by atoms with Crippen LogP contribution >= 0.6 is 27.5 Å². The molecule has 0 saturated carbocycles. The van der Waals surface area contributed by atoms with Gasteiger partial charge in [0.05, 0.1) is 6.42 Å². The predicted octanol–water partition coefficient (Wildman–Crippen LogP) is 4.42. The Hall–Kier alpha value is -1.39. The van der Waals surface area contributed by atoms with Crippen molar-refractivity contribution in [3.8, 4) is 0 Å². The molecular weight excluding hydrogens is 333 g/mol. The summed E-state index contributed by atoms with van der Waals surface area (Å²) >= 11 is 8.96. The fraction of sp³-hybridized carbons (Fsp3) is 0.0714. The average Bonchev–Trinajstić information content (AvgIpc) is 2.36. The van der Waals surface area contributed by atoms with Gasteiger partial charge >= 0.3 is 0 Å². The number of carbonyl (C=O) groups is 1. The summed E-state index contributed by atoms with van der Waals surface area (Å²) in [7, 11) is 0. The van der Waals surface area contributed by atoms with E-state index in [-0.39, 0.29) is 12.3 Å². The first kappa shape index (κ1) is 14.0. The first-order chi connectivity index (χ1) is 9.04. The van der Waals surface area contributed by atoms with Crippen molar-refractivity contribution in [1.82, 2.24) is 0 Å². The lowest BCUT2D eigenvalue weighted by molar-refractivity contribution is -0.115. The van der Waals surface area contributed by atoms with Crippen molar-refractivity contribution in [2.75, 3.05) is 5.32 Å². The standard InChI is InChI=1S/C14H10BrClFNO/c15-10-2-5-12(6-3-10)18-14(19)7-9-1-4-11(16)8-13(9)17/h1-6,8H,7H2,(H,18,19). The maximum Gasteiger partial charge on any atom is 0.228 e. The molecule has 0 atom stereocenters. The Balaban J connectivity index is 2.03. The third-order valence-corrected chi connectivity index (χ3v) is 3.26. The number of anilines is 1. The van der Waals surface area contributed by atoms with Crippen molar-refractivity contribution < 1.29 is 9.18 Å². The maximum absolute atomic E-state index is 13.5. The van der Waals surface area contributed by atoms with E-state index in [1.54, 1.807) is 18.2 Å². The minimum atomic E-state index is -0.474. The number of hydrogen-bond acceptors (Lipinski definition) is 1. The van der Waals surface area contributed by atoms with Gasteiger partial charge in [-0.1, -0.05) is 33.6 Å². The van der Waals surface area contributed by atoms with Gasteiger partial charge in [-0.15, -0.1) is 0 Å². The molecule has 19 heavy (non-hydrogen) atoms. The van der Waals surface area contributed by atoms with E-state index in [1.807, 2.05) is 12.1 Å². The van der Waals surface area contributed by atoms with E-state index in [4.69, 9.17) is 11.6 Å². The molecule has 0 fully saturated rings. The third kappa shape index (κ3) is 4.04. The van der Waals surface area contributed by atoms with Crippen LogP contribution in [-0.4, -0.2) is 5.91 Å². The van der Waals surface area contributed by atoms with Crippen LogP contribution in [0, 0.1) is 5.82 Å². The molecule has 0 heterocycles. The Morgan fingerprint density at radius 1 is 1.21 bits per heavy atom. The lowest BCUT2D eigenvalue weighted by Crippen LogP contribution is -2.15. The molecule has 98 valence electrons. The monoisotopic (exact) mass is 341 g/mol. The van der Waals surface area contributed by atoms with Crippen molar-refractivity contribution in [2.24, 2.45) is 0 Å². The number of benzene rings is 2. The van der Waals surface area contributed by atoms with E-state index in [0.29, 0.717) is 16.3 Å². The quantitative estimate of drug-likeness (QED) is 0.879. The van der Waals surface area contributed by atoms with Crippen LogP contribution in [0.1, 0.15) is 5.56 Å². The molecule has 0 radical (unpaired) electrons. The highest BCUT2D eigenvalue weighted by Crippen LogP contribution is 2.17. The van der Waals surface area contributed by atoms with Crippen LogP contribution < -0.4 is 5.32 Å². The van der Waals surface area contributed by atoms with Gasteiger partial charge in [-0.3, -0.25) is 4.79 Å². The summed E-state index contributed by atoms with van der Waals surface area (Å²) in [6.45, 7) is 0. The van der Waals surface area contributed by atoms with Gasteiger partial charge in [0.1, 0.15) is 5.82 Å². The van der Waals surface area contributed by atoms with Crippen LogP contribution in [0.15, 0.2) is 46.9 Å². The van der Waals surface area contributed by atoms with E-state index >= 15 is 0 Å². The SMILES string of the molecule is O=C(Cc1ccc(Cl)cc1F)Nc1ccc(Br)cc1. The Labute approximate surface area is 123 Å². The molecule has 2 nitrogen and oxygen atoms in total. The lowest BCUT2D eigenvalue weighted by Gasteiger charge is -2.06. The van der Waals surface area contributed by atoms with Gasteiger partial charge in [0.25, 0.3) is 0 Å². The van der Waals surface area contributed by atoms with Crippen molar-refractivity contribution in [2.45, 2.75) is 6.42 Å². The Bertz CT molecular complexity index is 601. The van der Waals surface area contributed by atoms with Crippen LogP contribution in [0.4, 0.5) is 10.1 Å². The van der Waals surface area contributed by atoms with Crippen LogP contribution in [0.5, 0.6) is 0 Å². The highest BCUT2D eigenvalue weighted by Gasteiger charge is 2.09. The van der Waals surface area contributed by atoms with Crippen molar-refractivity contribution >= 4 is 39.1 Å². The van der Waals surface area contributed by atoms with Gasteiger partial charge in [0, 0.05) is 15.2 Å². The second-order valence-corrected chi connectivity index (χ2v) is 5.32. The number of hydrogen-bond donors (Lipinski definition) is 1. The summed E-state index contributed by atoms with van der Waals surface area (Å²) in [6.07, 6.45) is -0.0287. The van der Waals surface area contributed by atoms with Gasteiger partial charge in [0.15, 0.2) is 0 Å². The highest BCUT2D eigenvalue weighted by molar-refractivity contribution is 9.10. The zero-order chi connectivity index (χ0) is 13.8. The summed E-state index contributed by atoms with van der Waals surface area (Å²) in [5.74, 6) is -0.748. The first-order valence-electron chi connectivity index (χ1n) is 5.54. The van der Waals surface area contributed by atoms with Gasteiger partial charge in [0.2, 0.25) is 5.91 Å². The summed E-state index contributed by atoms with van der Waals surface area (Å²) < 4.78 is 14.5. The molecule has 2 aromatic rings. The maximum atomic E-state index is 13.5. The van der Waals surface area contributed by atoms with E-state index < -0.39 is 5.82 Å². The minimum Gasteiger partial charge on any atom is -0.326 e. The van der Waals surface area contributed by atoms with Crippen LogP contribution in [0.3, 0.4) is 0 Å². The van der Waals surface area contributed by atoms with Crippen LogP contribution in [-0.2, 0) is 11.2 Å². The van der Waals surface area contributed by atoms with Crippen LogP contribution in [0.25, 0.3) is 0 Å². The molecule has 0 bridgehead atoms. The van der Waals surface area contributed by atoms with Gasteiger partial charge < -0.3 is 5.32 Å². The molecule has 0 aliphatic rings. The normalized spacial score (nSPS) is 10.3. The molecule has 0 spiro atoms. The molecule has 1 N–H and O–H groups in total. The predicted molar refractivity (Wildman–Crippen MR) is 77.9 cm³/mol. The Morgan fingerprint density at radius 3 is 2.53 bits per heavy atom. The summed E-state index contributed by atoms with van der Waals surface area (Å²) in [6, 6.07) is 11.4. The van der Waals surface area contributed by atoms with E-state index in [1.165, 1.54) is 12.1 Å². The second-order valence-electron chi connectivity index (χ2n) is 3.97. The number of carbonyl (C=O) groups excluding carboxylic acids is 1. The van der Waals surface area contributed by atoms with Gasteiger partial charge in [-0.05, 0) is 42.0 Å².